The normalized spacial score (nSPS) is 20.0. The van der Waals surface area contributed by atoms with Crippen LogP contribution in [0.15, 0.2) is 68.9 Å². The van der Waals surface area contributed by atoms with Crippen molar-refractivity contribution in [2.24, 2.45) is 0 Å². The number of rotatable bonds is 4. The maximum Gasteiger partial charge on any atom is 0.236 e. The van der Waals surface area contributed by atoms with Crippen LogP contribution < -0.4 is 4.90 Å². The molecule has 1 saturated heterocycles. The third-order valence-electron chi connectivity index (χ3n) is 4.69. The van der Waals surface area contributed by atoms with Gasteiger partial charge in [-0.25, -0.2) is 8.42 Å². The minimum atomic E-state index is -3.90. The zero-order valence-corrected chi connectivity index (χ0v) is 17.7. The van der Waals surface area contributed by atoms with Gasteiger partial charge in [-0.1, -0.05) is 29.8 Å². The maximum atomic E-state index is 13.4. The quantitative estimate of drug-likeness (QED) is 0.606. The number of morpholine rings is 1. The van der Waals surface area contributed by atoms with E-state index in [0.29, 0.717) is 23.7 Å². The van der Waals surface area contributed by atoms with Gasteiger partial charge in [0, 0.05) is 23.7 Å². The van der Waals surface area contributed by atoms with Gasteiger partial charge in [-0.3, -0.25) is 0 Å². The van der Waals surface area contributed by atoms with Gasteiger partial charge in [-0.15, -0.1) is 0 Å². The maximum absolute atomic E-state index is 13.4. The topological polar surface area (TPSA) is 72.6 Å². The molecule has 0 amide bonds. The van der Waals surface area contributed by atoms with Crippen molar-refractivity contribution < 1.29 is 17.6 Å². The van der Waals surface area contributed by atoms with Gasteiger partial charge >= 0.3 is 0 Å². The minimum Gasteiger partial charge on any atom is -0.419 e. The molecule has 0 N–H and O–H groups in total. The average Bonchev–Trinajstić information content (AvgIpc) is 3.15. The van der Waals surface area contributed by atoms with Crippen molar-refractivity contribution in [3.8, 4) is 11.5 Å². The van der Waals surface area contributed by atoms with E-state index in [1.807, 2.05) is 49.1 Å². The third kappa shape index (κ3) is 4.03. The average molecular weight is 433 g/mol. The van der Waals surface area contributed by atoms with Crippen LogP contribution in [0.4, 0.5) is 5.88 Å². The van der Waals surface area contributed by atoms with Gasteiger partial charge in [0.25, 0.3) is 0 Å². The second-order valence-electron chi connectivity index (χ2n) is 7.12. The van der Waals surface area contributed by atoms with Gasteiger partial charge in [0.2, 0.25) is 26.6 Å². The second-order valence-corrected chi connectivity index (χ2v) is 9.42. The highest BCUT2D eigenvalue weighted by Crippen LogP contribution is 2.36. The van der Waals surface area contributed by atoms with Crippen LogP contribution in [0.2, 0.25) is 5.02 Å². The Balaban J connectivity index is 1.85. The molecule has 2 aromatic carbocycles. The summed E-state index contributed by atoms with van der Waals surface area (Å²) in [6.07, 6.45) is -0.120. The first-order valence-corrected chi connectivity index (χ1v) is 11.2. The van der Waals surface area contributed by atoms with E-state index >= 15 is 0 Å². The van der Waals surface area contributed by atoms with Gasteiger partial charge < -0.3 is 14.1 Å². The van der Waals surface area contributed by atoms with E-state index in [1.54, 1.807) is 12.1 Å². The molecule has 0 radical (unpaired) electrons. The predicted octanol–water partition coefficient (Wildman–Crippen LogP) is 4.44. The second kappa shape index (κ2) is 7.82. The Kier molecular flexibility index (Phi) is 5.38. The van der Waals surface area contributed by atoms with Crippen molar-refractivity contribution in [2.75, 3.05) is 18.0 Å². The Hall–Kier alpha value is -2.35. The third-order valence-corrected chi connectivity index (χ3v) is 6.61. The van der Waals surface area contributed by atoms with E-state index in [0.717, 1.165) is 0 Å². The van der Waals surface area contributed by atoms with Crippen LogP contribution in [0.3, 0.4) is 0 Å². The molecule has 0 saturated carbocycles. The number of aromatic nitrogens is 1. The molecule has 152 valence electrons. The summed E-state index contributed by atoms with van der Waals surface area (Å²) >= 11 is 5.93. The molecule has 29 heavy (non-hydrogen) atoms. The van der Waals surface area contributed by atoms with Crippen molar-refractivity contribution in [2.45, 2.75) is 36.0 Å². The van der Waals surface area contributed by atoms with Crippen molar-refractivity contribution in [1.82, 2.24) is 4.98 Å². The Morgan fingerprint density at radius 1 is 1.00 bits per heavy atom. The number of hydrogen-bond donors (Lipinski definition) is 0. The summed E-state index contributed by atoms with van der Waals surface area (Å²) in [5.74, 6) is 0.501. The van der Waals surface area contributed by atoms with Crippen molar-refractivity contribution >= 4 is 27.3 Å². The van der Waals surface area contributed by atoms with E-state index in [4.69, 9.17) is 20.8 Å². The lowest BCUT2D eigenvalue weighted by atomic mass is 10.2. The summed E-state index contributed by atoms with van der Waals surface area (Å²) in [5.41, 5.74) is 0.709. The summed E-state index contributed by atoms with van der Waals surface area (Å²) in [6.45, 7) is 4.92. The number of benzene rings is 2. The molecular weight excluding hydrogens is 412 g/mol. The summed E-state index contributed by atoms with van der Waals surface area (Å²) < 4.78 is 38.6. The van der Waals surface area contributed by atoms with Gasteiger partial charge in [0.15, 0.2) is 0 Å². The number of oxazole rings is 1. The lowest BCUT2D eigenvalue weighted by Crippen LogP contribution is -2.45. The van der Waals surface area contributed by atoms with Crippen LogP contribution in [-0.2, 0) is 14.6 Å². The summed E-state index contributed by atoms with van der Waals surface area (Å²) in [6, 6.07) is 15.3. The fourth-order valence-corrected chi connectivity index (χ4v) is 4.89. The highest BCUT2D eigenvalue weighted by Gasteiger charge is 2.34. The van der Waals surface area contributed by atoms with E-state index in [2.05, 4.69) is 4.98 Å². The molecule has 0 unspecified atom stereocenters. The molecule has 6 nitrogen and oxygen atoms in total. The monoisotopic (exact) mass is 432 g/mol. The number of ether oxygens (including phenoxy) is 1. The number of hydrogen-bond acceptors (Lipinski definition) is 6. The first-order chi connectivity index (χ1) is 13.8. The minimum absolute atomic E-state index is 0.0601. The van der Waals surface area contributed by atoms with Crippen molar-refractivity contribution in [3.05, 3.63) is 59.6 Å². The van der Waals surface area contributed by atoms with Crippen LogP contribution in [0.1, 0.15) is 13.8 Å². The Morgan fingerprint density at radius 3 is 2.24 bits per heavy atom. The molecule has 1 aliphatic heterocycles. The fourth-order valence-electron chi connectivity index (χ4n) is 3.45. The molecule has 2 atom stereocenters. The highest BCUT2D eigenvalue weighted by molar-refractivity contribution is 7.91. The van der Waals surface area contributed by atoms with Crippen LogP contribution >= 0.6 is 11.6 Å². The number of halogens is 1. The van der Waals surface area contributed by atoms with Crippen LogP contribution in [0, 0.1) is 0 Å². The van der Waals surface area contributed by atoms with Crippen LogP contribution in [-0.4, -0.2) is 38.7 Å². The molecule has 3 aromatic rings. The Morgan fingerprint density at radius 2 is 1.62 bits per heavy atom. The van der Waals surface area contributed by atoms with E-state index < -0.39 is 9.84 Å². The van der Waals surface area contributed by atoms with Gasteiger partial charge in [0.05, 0.1) is 17.1 Å². The van der Waals surface area contributed by atoms with Crippen molar-refractivity contribution in [1.29, 1.82) is 0 Å². The lowest BCUT2D eigenvalue weighted by Gasteiger charge is -2.35. The number of anilines is 1. The van der Waals surface area contributed by atoms with Crippen LogP contribution in [0.25, 0.3) is 11.5 Å². The molecule has 1 aliphatic rings. The molecule has 0 spiro atoms. The summed E-state index contributed by atoms with van der Waals surface area (Å²) in [4.78, 5) is 6.41. The fraction of sp³-hybridized carbons (Fsp3) is 0.286. The molecular formula is C21H21ClN2O4S. The first-order valence-electron chi connectivity index (χ1n) is 9.32. The molecule has 1 aromatic heterocycles. The smallest absolute Gasteiger partial charge is 0.236 e. The zero-order chi connectivity index (χ0) is 20.6. The van der Waals surface area contributed by atoms with Gasteiger partial charge in [-0.05, 0) is 50.2 Å². The predicted molar refractivity (Wildman–Crippen MR) is 111 cm³/mol. The summed E-state index contributed by atoms with van der Waals surface area (Å²) in [7, 11) is -3.90. The van der Waals surface area contributed by atoms with Crippen LogP contribution in [0.5, 0.6) is 0 Å². The molecule has 4 rings (SSSR count). The van der Waals surface area contributed by atoms with Crippen molar-refractivity contribution in [3.63, 3.8) is 0 Å². The SMILES string of the molecule is C[C@H]1CN(c2oc(-c3ccccc3)nc2S(=O)(=O)c2ccc(Cl)cc2)C[C@H](C)O1. The van der Waals surface area contributed by atoms with E-state index in [1.165, 1.54) is 12.1 Å². The molecule has 8 heteroatoms. The number of sulfone groups is 1. The Bertz CT molecular complexity index is 1090. The largest absolute Gasteiger partial charge is 0.419 e. The lowest BCUT2D eigenvalue weighted by molar-refractivity contribution is -0.00657. The molecule has 0 aliphatic carbocycles. The van der Waals surface area contributed by atoms with Gasteiger partial charge in [-0.2, -0.15) is 4.98 Å². The van der Waals surface area contributed by atoms with Gasteiger partial charge in [0.1, 0.15) is 0 Å². The van der Waals surface area contributed by atoms with E-state index in [9.17, 15) is 8.42 Å². The standard InChI is InChI=1S/C21H21ClN2O4S/c1-14-12-24(13-15(2)27-14)21-20(23-19(28-21)16-6-4-3-5-7-16)29(25,26)18-10-8-17(22)9-11-18/h3-11,14-15H,12-13H2,1-2H3/t14-,15-/m0/s1. The zero-order valence-electron chi connectivity index (χ0n) is 16.1. The molecule has 1 fully saturated rings. The Labute approximate surface area is 175 Å². The van der Waals surface area contributed by atoms with E-state index in [-0.39, 0.29) is 33.9 Å². The molecule has 2 heterocycles. The highest BCUT2D eigenvalue weighted by atomic mass is 35.5. The summed E-state index contributed by atoms with van der Waals surface area (Å²) in [5, 5.41) is 0.366. The first kappa shape index (κ1) is 19.9. The molecule has 0 bridgehead atoms. The number of nitrogens with zero attached hydrogens (tertiary/aromatic N) is 2.